The SMILES string of the molecule is C=C1NCCN(Cc2c(F)ccc(F)c2O)/C1=C(C)/C(=C\C)C(=O)N1CCCC1c1cccnc1. The number of hydrogen-bond acceptors (Lipinski definition) is 5. The predicted octanol–water partition coefficient (Wildman–Crippen LogP) is 4.57. The zero-order valence-electron chi connectivity index (χ0n) is 20.0. The second-order valence-corrected chi connectivity index (χ2v) is 8.80. The third kappa shape index (κ3) is 4.78. The number of aromatic nitrogens is 1. The van der Waals surface area contributed by atoms with Gasteiger partial charge in [-0.05, 0) is 56.0 Å². The largest absolute Gasteiger partial charge is 0.505 e. The molecule has 0 saturated carbocycles. The summed E-state index contributed by atoms with van der Waals surface area (Å²) in [6, 6.07) is 5.71. The Bertz CT molecular complexity index is 1190. The van der Waals surface area contributed by atoms with E-state index in [-0.39, 0.29) is 24.1 Å². The van der Waals surface area contributed by atoms with Gasteiger partial charge in [-0.2, -0.15) is 0 Å². The van der Waals surface area contributed by atoms with Crippen molar-refractivity contribution in [2.75, 3.05) is 19.6 Å². The van der Waals surface area contributed by atoms with Gasteiger partial charge in [-0.25, -0.2) is 8.78 Å². The first kappa shape index (κ1) is 24.4. The molecule has 35 heavy (non-hydrogen) atoms. The number of pyridine rings is 1. The molecule has 2 saturated heterocycles. The summed E-state index contributed by atoms with van der Waals surface area (Å²) in [5.74, 6) is -2.37. The Hall–Kier alpha value is -3.68. The van der Waals surface area contributed by atoms with Crippen molar-refractivity contribution in [3.8, 4) is 5.75 Å². The van der Waals surface area contributed by atoms with Gasteiger partial charge in [-0.3, -0.25) is 9.78 Å². The molecule has 2 aliphatic rings. The Morgan fingerprint density at radius 3 is 2.77 bits per heavy atom. The summed E-state index contributed by atoms with van der Waals surface area (Å²) in [4.78, 5) is 21.7. The number of carbonyl (C=O) groups is 1. The van der Waals surface area contributed by atoms with E-state index in [0.717, 1.165) is 30.5 Å². The van der Waals surface area contributed by atoms with E-state index in [1.54, 1.807) is 18.5 Å². The van der Waals surface area contributed by atoms with Crippen molar-refractivity contribution in [3.05, 3.63) is 94.6 Å². The predicted molar refractivity (Wildman–Crippen MR) is 130 cm³/mol. The summed E-state index contributed by atoms with van der Waals surface area (Å²) < 4.78 is 28.4. The van der Waals surface area contributed by atoms with Crippen LogP contribution in [0.5, 0.6) is 5.75 Å². The number of aromatic hydroxyl groups is 1. The molecule has 2 fully saturated rings. The third-order valence-electron chi connectivity index (χ3n) is 6.71. The molecule has 4 rings (SSSR count). The number of nitrogens with one attached hydrogen (secondary N) is 1. The molecule has 6 nitrogen and oxygen atoms in total. The molecule has 2 aromatic rings. The van der Waals surface area contributed by atoms with E-state index in [0.29, 0.717) is 42.2 Å². The van der Waals surface area contributed by atoms with Crippen LogP contribution in [-0.2, 0) is 11.3 Å². The topological polar surface area (TPSA) is 68.7 Å². The van der Waals surface area contributed by atoms with Crippen LogP contribution < -0.4 is 5.32 Å². The fraction of sp³-hybridized carbons (Fsp3) is 0.333. The van der Waals surface area contributed by atoms with Crippen molar-refractivity contribution in [2.45, 2.75) is 39.3 Å². The maximum atomic E-state index is 14.5. The Kier molecular flexibility index (Phi) is 7.19. The molecule has 0 radical (unpaired) electrons. The van der Waals surface area contributed by atoms with Gasteiger partial charge >= 0.3 is 0 Å². The molecule has 1 aromatic heterocycles. The number of nitrogens with zero attached hydrogens (tertiary/aromatic N) is 3. The van der Waals surface area contributed by atoms with Crippen LogP contribution in [0.15, 0.2) is 71.9 Å². The van der Waals surface area contributed by atoms with Crippen LogP contribution in [0.1, 0.15) is 43.9 Å². The highest BCUT2D eigenvalue weighted by Gasteiger charge is 2.33. The first-order valence-electron chi connectivity index (χ1n) is 11.8. The number of halogens is 2. The summed E-state index contributed by atoms with van der Waals surface area (Å²) in [5, 5.41) is 13.4. The lowest BCUT2D eigenvalue weighted by atomic mass is 9.98. The van der Waals surface area contributed by atoms with Crippen LogP contribution in [0.3, 0.4) is 0 Å². The number of piperazine rings is 1. The normalized spacial score (nSPS) is 20.2. The van der Waals surface area contributed by atoms with E-state index in [2.05, 4.69) is 16.9 Å². The van der Waals surface area contributed by atoms with E-state index >= 15 is 0 Å². The first-order chi connectivity index (χ1) is 16.8. The highest BCUT2D eigenvalue weighted by molar-refractivity contribution is 5.98. The standard InChI is InChI=1S/C27H30F2N4O2/c1-4-20(27(35)33-13-6-8-24(33)19-7-5-11-30-15-19)17(2)25-18(3)31-12-14-32(25)16-21-22(28)9-10-23(29)26(21)34/h4-5,7,9-11,15,24,31,34H,3,6,8,12-14,16H2,1-2H3/b20-4+,25-17+. The van der Waals surface area contributed by atoms with E-state index < -0.39 is 17.4 Å². The minimum Gasteiger partial charge on any atom is -0.505 e. The smallest absolute Gasteiger partial charge is 0.254 e. The molecule has 1 unspecified atom stereocenters. The number of rotatable bonds is 5. The lowest BCUT2D eigenvalue weighted by Gasteiger charge is -2.36. The number of likely N-dealkylation sites (tertiary alicyclic amines) is 1. The molecular weight excluding hydrogens is 450 g/mol. The maximum Gasteiger partial charge on any atom is 0.254 e. The summed E-state index contributed by atoms with van der Waals surface area (Å²) in [5.41, 5.74) is 3.30. The van der Waals surface area contributed by atoms with E-state index in [9.17, 15) is 18.7 Å². The molecule has 0 spiro atoms. The van der Waals surface area contributed by atoms with E-state index in [4.69, 9.17) is 0 Å². The summed E-state index contributed by atoms with van der Waals surface area (Å²) >= 11 is 0. The van der Waals surface area contributed by atoms with Crippen molar-refractivity contribution in [1.29, 1.82) is 0 Å². The number of allylic oxidation sites excluding steroid dienone is 1. The molecule has 184 valence electrons. The van der Waals surface area contributed by atoms with Gasteiger partial charge in [-0.1, -0.05) is 18.7 Å². The average Bonchev–Trinajstić information content (AvgIpc) is 3.35. The van der Waals surface area contributed by atoms with Gasteiger partial charge in [0.15, 0.2) is 11.6 Å². The molecule has 0 bridgehead atoms. The van der Waals surface area contributed by atoms with Gasteiger partial charge in [-0.15, -0.1) is 0 Å². The van der Waals surface area contributed by atoms with E-state index in [1.165, 1.54) is 0 Å². The quantitative estimate of drug-likeness (QED) is 0.614. The molecule has 2 N–H and O–H groups in total. The maximum absolute atomic E-state index is 14.5. The fourth-order valence-electron chi connectivity index (χ4n) is 4.99. The van der Waals surface area contributed by atoms with Crippen LogP contribution in [0.2, 0.25) is 0 Å². The molecule has 1 aromatic carbocycles. The second kappa shape index (κ2) is 10.3. The monoisotopic (exact) mass is 480 g/mol. The van der Waals surface area contributed by atoms with Crippen LogP contribution in [0.25, 0.3) is 0 Å². The van der Waals surface area contributed by atoms with Crippen LogP contribution in [0.4, 0.5) is 8.78 Å². The summed E-state index contributed by atoms with van der Waals surface area (Å²) in [6.07, 6.45) is 7.06. The van der Waals surface area contributed by atoms with Crippen molar-refractivity contribution < 1.29 is 18.7 Å². The van der Waals surface area contributed by atoms with Crippen molar-refractivity contribution in [1.82, 2.24) is 20.1 Å². The van der Waals surface area contributed by atoms with Gasteiger partial charge < -0.3 is 20.2 Å². The van der Waals surface area contributed by atoms with Crippen LogP contribution in [-0.4, -0.2) is 45.4 Å². The highest BCUT2D eigenvalue weighted by atomic mass is 19.1. The van der Waals surface area contributed by atoms with Crippen LogP contribution in [0, 0.1) is 11.6 Å². The zero-order valence-corrected chi connectivity index (χ0v) is 20.0. The van der Waals surface area contributed by atoms with E-state index in [1.807, 2.05) is 35.8 Å². The van der Waals surface area contributed by atoms with Crippen LogP contribution >= 0.6 is 0 Å². The Labute approximate surface area is 204 Å². The number of carbonyl (C=O) groups excluding carboxylic acids is 1. The molecule has 3 heterocycles. The number of benzene rings is 1. The third-order valence-corrected chi connectivity index (χ3v) is 6.71. The van der Waals surface area contributed by atoms with Gasteiger partial charge in [0.1, 0.15) is 5.82 Å². The van der Waals surface area contributed by atoms with Gasteiger partial charge in [0.2, 0.25) is 0 Å². The Morgan fingerprint density at radius 2 is 2.06 bits per heavy atom. The number of hydrogen-bond donors (Lipinski definition) is 2. The first-order valence-corrected chi connectivity index (χ1v) is 11.8. The van der Waals surface area contributed by atoms with Crippen molar-refractivity contribution in [3.63, 3.8) is 0 Å². The summed E-state index contributed by atoms with van der Waals surface area (Å²) in [6.45, 7) is 9.35. The van der Waals surface area contributed by atoms with Gasteiger partial charge in [0, 0.05) is 44.1 Å². The number of phenolic OH excluding ortho intramolecular Hbond substituents is 1. The Morgan fingerprint density at radius 1 is 1.29 bits per heavy atom. The minimum absolute atomic E-state index is 0.0499. The van der Waals surface area contributed by atoms with Crippen molar-refractivity contribution in [2.24, 2.45) is 0 Å². The molecule has 1 amide bonds. The fourth-order valence-corrected chi connectivity index (χ4v) is 4.99. The molecule has 1 atom stereocenters. The number of amides is 1. The van der Waals surface area contributed by atoms with Gasteiger partial charge in [0.05, 0.1) is 23.0 Å². The summed E-state index contributed by atoms with van der Waals surface area (Å²) in [7, 11) is 0. The molecular formula is C27H30F2N4O2. The molecule has 0 aliphatic carbocycles. The van der Waals surface area contributed by atoms with Gasteiger partial charge in [0.25, 0.3) is 5.91 Å². The van der Waals surface area contributed by atoms with Crippen molar-refractivity contribution >= 4 is 5.91 Å². The zero-order chi connectivity index (χ0) is 25.1. The minimum atomic E-state index is -0.877. The lowest BCUT2D eigenvalue weighted by molar-refractivity contribution is -0.127. The molecule has 2 aliphatic heterocycles. The lowest BCUT2D eigenvalue weighted by Crippen LogP contribution is -2.41. The average molecular weight is 481 g/mol. The molecule has 8 heteroatoms. The second-order valence-electron chi connectivity index (χ2n) is 8.80. The highest BCUT2D eigenvalue weighted by Crippen LogP contribution is 2.35. The Balaban J connectivity index is 1.68. The number of phenols is 1.